The maximum atomic E-state index is 13.3. The first-order chi connectivity index (χ1) is 15.2. The van der Waals surface area contributed by atoms with E-state index >= 15 is 0 Å². The molecule has 7 heteroatoms. The molecule has 3 atom stereocenters. The first kappa shape index (κ1) is 25.8. The maximum absolute atomic E-state index is 13.3. The third-order valence-electron chi connectivity index (χ3n) is 6.29. The van der Waals surface area contributed by atoms with Crippen molar-refractivity contribution < 1.29 is 18.8 Å². The number of halogens is 1. The number of amides is 3. The average Bonchev–Trinajstić information content (AvgIpc) is 2.77. The van der Waals surface area contributed by atoms with Gasteiger partial charge in [0.25, 0.3) is 5.91 Å². The SMILES string of the molecule is CCCCC(CC)C(=O)NC(C(=O)N1CCN(C(=O)c2ccc(F)cc2)C(C)C1)C(C)C. The summed E-state index contributed by atoms with van der Waals surface area (Å²) < 4.78 is 13.2. The Morgan fingerprint density at radius 3 is 2.31 bits per heavy atom. The Bertz CT molecular complexity index is 781. The van der Waals surface area contributed by atoms with E-state index in [4.69, 9.17) is 0 Å². The van der Waals surface area contributed by atoms with Crippen LogP contribution in [0.2, 0.25) is 0 Å². The molecule has 3 amide bonds. The van der Waals surface area contributed by atoms with Gasteiger partial charge in [0.15, 0.2) is 0 Å². The Kier molecular flexibility index (Phi) is 9.66. The molecule has 0 aliphatic carbocycles. The largest absolute Gasteiger partial charge is 0.344 e. The summed E-state index contributed by atoms with van der Waals surface area (Å²) in [5.41, 5.74) is 0.433. The van der Waals surface area contributed by atoms with Gasteiger partial charge in [0, 0.05) is 37.2 Å². The summed E-state index contributed by atoms with van der Waals surface area (Å²) in [5, 5.41) is 3.01. The Morgan fingerprint density at radius 1 is 1.12 bits per heavy atom. The van der Waals surface area contributed by atoms with Crippen molar-refractivity contribution in [2.75, 3.05) is 19.6 Å². The maximum Gasteiger partial charge on any atom is 0.254 e. The highest BCUT2D eigenvalue weighted by atomic mass is 19.1. The molecule has 1 saturated heterocycles. The third-order valence-corrected chi connectivity index (χ3v) is 6.29. The van der Waals surface area contributed by atoms with Gasteiger partial charge in [-0.05, 0) is 49.9 Å². The van der Waals surface area contributed by atoms with Crippen LogP contribution in [0.4, 0.5) is 4.39 Å². The van der Waals surface area contributed by atoms with E-state index in [9.17, 15) is 18.8 Å². The number of benzene rings is 1. The summed E-state index contributed by atoms with van der Waals surface area (Å²) in [6, 6.07) is 4.76. The van der Waals surface area contributed by atoms with E-state index in [1.54, 1.807) is 9.80 Å². The van der Waals surface area contributed by atoms with Crippen molar-refractivity contribution >= 4 is 17.7 Å². The molecule has 1 heterocycles. The summed E-state index contributed by atoms with van der Waals surface area (Å²) >= 11 is 0. The molecule has 3 unspecified atom stereocenters. The van der Waals surface area contributed by atoms with Gasteiger partial charge in [0.05, 0.1) is 0 Å². The first-order valence-corrected chi connectivity index (χ1v) is 11.8. The fourth-order valence-electron chi connectivity index (χ4n) is 4.17. The van der Waals surface area contributed by atoms with Crippen LogP contribution in [0.1, 0.15) is 70.7 Å². The lowest BCUT2D eigenvalue weighted by atomic mass is 9.96. The molecule has 2 rings (SSSR count). The number of hydrogen-bond acceptors (Lipinski definition) is 3. The number of carbonyl (C=O) groups is 3. The van der Waals surface area contributed by atoms with E-state index in [0.717, 1.165) is 25.7 Å². The molecule has 1 aromatic rings. The van der Waals surface area contributed by atoms with Crippen molar-refractivity contribution in [3.8, 4) is 0 Å². The van der Waals surface area contributed by atoms with Crippen molar-refractivity contribution in [3.05, 3.63) is 35.6 Å². The van der Waals surface area contributed by atoms with Gasteiger partial charge >= 0.3 is 0 Å². The molecule has 0 saturated carbocycles. The molecule has 0 radical (unpaired) electrons. The van der Waals surface area contributed by atoms with Crippen LogP contribution in [0.15, 0.2) is 24.3 Å². The van der Waals surface area contributed by atoms with Crippen LogP contribution >= 0.6 is 0 Å². The van der Waals surface area contributed by atoms with E-state index in [2.05, 4.69) is 12.2 Å². The summed E-state index contributed by atoms with van der Waals surface area (Å²) in [6.07, 6.45) is 3.62. The lowest BCUT2D eigenvalue weighted by molar-refractivity contribution is -0.140. The molecule has 1 aromatic carbocycles. The molecule has 1 aliphatic heterocycles. The summed E-state index contributed by atoms with van der Waals surface area (Å²) in [4.78, 5) is 42.4. The zero-order chi connectivity index (χ0) is 23.8. The molecule has 178 valence electrons. The zero-order valence-corrected chi connectivity index (χ0v) is 20.1. The quantitative estimate of drug-likeness (QED) is 0.625. The topological polar surface area (TPSA) is 69.7 Å². The molecular weight excluding hydrogens is 409 g/mol. The predicted octanol–water partition coefficient (Wildman–Crippen LogP) is 3.86. The van der Waals surface area contributed by atoms with Gasteiger partial charge in [-0.2, -0.15) is 0 Å². The van der Waals surface area contributed by atoms with Crippen LogP contribution in [0.5, 0.6) is 0 Å². The molecule has 6 nitrogen and oxygen atoms in total. The van der Waals surface area contributed by atoms with Crippen LogP contribution in [0.25, 0.3) is 0 Å². The Balaban J connectivity index is 2.02. The van der Waals surface area contributed by atoms with E-state index in [-0.39, 0.29) is 41.4 Å². The summed E-state index contributed by atoms with van der Waals surface area (Å²) in [5.74, 6) is -0.810. The highest BCUT2D eigenvalue weighted by molar-refractivity contribution is 5.95. The average molecular weight is 448 g/mol. The summed E-state index contributed by atoms with van der Waals surface area (Å²) in [6.45, 7) is 11.1. The number of nitrogens with one attached hydrogen (secondary N) is 1. The van der Waals surface area contributed by atoms with Crippen LogP contribution in [0.3, 0.4) is 0 Å². The second kappa shape index (κ2) is 12.0. The first-order valence-electron chi connectivity index (χ1n) is 11.8. The van der Waals surface area contributed by atoms with Gasteiger partial charge in [-0.3, -0.25) is 14.4 Å². The Labute approximate surface area is 191 Å². The van der Waals surface area contributed by atoms with Crippen LogP contribution in [-0.2, 0) is 9.59 Å². The highest BCUT2D eigenvalue weighted by Gasteiger charge is 2.35. The van der Waals surface area contributed by atoms with E-state index in [0.29, 0.717) is 25.2 Å². The number of unbranched alkanes of at least 4 members (excludes halogenated alkanes) is 1. The fourth-order valence-corrected chi connectivity index (χ4v) is 4.17. The molecule has 0 aromatic heterocycles. The monoisotopic (exact) mass is 447 g/mol. The van der Waals surface area contributed by atoms with Crippen molar-refractivity contribution in [1.29, 1.82) is 0 Å². The van der Waals surface area contributed by atoms with Crippen LogP contribution < -0.4 is 5.32 Å². The van der Waals surface area contributed by atoms with E-state index < -0.39 is 6.04 Å². The van der Waals surface area contributed by atoms with Gasteiger partial charge in [0.2, 0.25) is 11.8 Å². The number of nitrogens with zero attached hydrogens (tertiary/aromatic N) is 2. The van der Waals surface area contributed by atoms with Gasteiger partial charge in [0.1, 0.15) is 11.9 Å². The third kappa shape index (κ3) is 6.53. The molecule has 1 N–H and O–H groups in total. The van der Waals surface area contributed by atoms with E-state index in [1.807, 2.05) is 27.7 Å². The normalized spacial score (nSPS) is 18.4. The van der Waals surface area contributed by atoms with Crippen molar-refractivity contribution in [3.63, 3.8) is 0 Å². The van der Waals surface area contributed by atoms with Gasteiger partial charge in [-0.1, -0.05) is 40.5 Å². The second-order valence-corrected chi connectivity index (χ2v) is 9.12. The second-order valence-electron chi connectivity index (χ2n) is 9.12. The molecule has 0 bridgehead atoms. The summed E-state index contributed by atoms with van der Waals surface area (Å²) in [7, 11) is 0. The molecule has 32 heavy (non-hydrogen) atoms. The molecular formula is C25H38FN3O3. The molecule has 0 spiro atoms. The minimum Gasteiger partial charge on any atom is -0.344 e. The molecule has 1 fully saturated rings. The minimum absolute atomic E-state index is 0.0377. The van der Waals surface area contributed by atoms with Crippen LogP contribution in [0, 0.1) is 17.7 Å². The smallest absolute Gasteiger partial charge is 0.254 e. The van der Waals surface area contributed by atoms with Gasteiger partial charge in [-0.15, -0.1) is 0 Å². The Morgan fingerprint density at radius 2 is 1.78 bits per heavy atom. The standard InChI is InChI=1S/C25H38FN3O3/c1-6-8-9-19(7-2)23(30)27-22(17(3)4)25(32)28-14-15-29(18(5)16-28)24(31)20-10-12-21(26)13-11-20/h10-13,17-19,22H,6-9,14-16H2,1-5H3,(H,27,30). The van der Waals surface area contributed by atoms with Crippen molar-refractivity contribution in [2.24, 2.45) is 11.8 Å². The lowest BCUT2D eigenvalue weighted by Crippen LogP contribution is -2.60. The zero-order valence-electron chi connectivity index (χ0n) is 20.1. The van der Waals surface area contributed by atoms with Gasteiger partial charge < -0.3 is 15.1 Å². The number of rotatable bonds is 9. The van der Waals surface area contributed by atoms with Crippen molar-refractivity contribution in [2.45, 2.75) is 72.4 Å². The lowest BCUT2D eigenvalue weighted by Gasteiger charge is -2.41. The highest BCUT2D eigenvalue weighted by Crippen LogP contribution is 2.18. The predicted molar refractivity (Wildman–Crippen MR) is 124 cm³/mol. The van der Waals surface area contributed by atoms with E-state index in [1.165, 1.54) is 24.3 Å². The number of hydrogen-bond donors (Lipinski definition) is 1. The minimum atomic E-state index is -0.579. The fraction of sp³-hybridized carbons (Fsp3) is 0.640. The van der Waals surface area contributed by atoms with Crippen molar-refractivity contribution in [1.82, 2.24) is 15.1 Å². The van der Waals surface area contributed by atoms with Gasteiger partial charge in [-0.25, -0.2) is 4.39 Å². The number of carbonyl (C=O) groups excluding carboxylic acids is 3. The van der Waals surface area contributed by atoms with Crippen LogP contribution in [-0.4, -0.2) is 59.2 Å². The molecule has 1 aliphatic rings. The number of piperazine rings is 1. The Hall–Kier alpha value is -2.44.